The number of nitrogens with zero attached hydrogens (tertiary/aromatic N) is 1. The predicted molar refractivity (Wildman–Crippen MR) is 87.0 cm³/mol. The molecule has 1 aliphatic rings. The Bertz CT molecular complexity index is 447. The highest BCUT2D eigenvalue weighted by Gasteiger charge is 2.29. The topological polar surface area (TPSA) is 15.3 Å². The van der Waals surface area contributed by atoms with Crippen LogP contribution in [0.5, 0.6) is 0 Å². The van der Waals surface area contributed by atoms with Gasteiger partial charge >= 0.3 is 0 Å². The molecule has 0 bridgehead atoms. The van der Waals surface area contributed by atoms with Gasteiger partial charge in [-0.15, -0.1) is 0 Å². The van der Waals surface area contributed by atoms with Crippen molar-refractivity contribution in [2.24, 2.45) is 5.92 Å². The number of rotatable bonds is 5. The van der Waals surface area contributed by atoms with Gasteiger partial charge in [-0.05, 0) is 82.0 Å². The van der Waals surface area contributed by atoms with Crippen molar-refractivity contribution in [3.63, 3.8) is 0 Å². The van der Waals surface area contributed by atoms with Gasteiger partial charge in [0.15, 0.2) is 0 Å². The SMILES string of the molecule is CCCNCC1CCCCN(C)C1c1ccc(F)cc1C. The molecule has 2 unspecified atom stereocenters. The number of halogens is 1. The van der Waals surface area contributed by atoms with Gasteiger partial charge in [0.25, 0.3) is 0 Å². The third-order valence-corrected chi connectivity index (χ3v) is 4.64. The summed E-state index contributed by atoms with van der Waals surface area (Å²) in [6, 6.07) is 5.67. The van der Waals surface area contributed by atoms with Gasteiger partial charge in [0.2, 0.25) is 0 Å². The molecule has 1 saturated heterocycles. The minimum Gasteiger partial charge on any atom is -0.316 e. The van der Waals surface area contributed by atoms with Gasteiger partial charge in [0, 0.05) is 6.04 Å². The molecular weight excluding hydrogens is 263 g/mol. The van der Waals surface area contributed by atoms with Crippen LogP contribution in [0.25, 0.3) is 0 Å². The summed E-state index contributed by atoms with van der Waals surface area (Å²) in [7, 11) is 2.21. The maximum Gasteiger partial charge on any atom is 0.123 e. The Kier molecular flexibility index (Phi) is 6.19. The monoisotopic (exact) mass is 292 g/mol. The third kappa shape index (κ3) is 4.27. The van der Waals surface area contributed by atoms with E-state index >= 15 is 0 Å². The first-order valence-electron chi connectivity index (χ1n) is 8.30. The largest absolute Gasteiger partial charge is 0.316 e. The van der Waals surface area contributed by atoms with Crippen molar-refractivity contribution in [2.75, 3.05) is 26.7 Å². The lowest BCUT2D eigenvalue weighted by Gasteiger charge is -2.34. The number of likely N-dealkylation sites (tertiary alicyclic amines) is 1. The Morgan fingerprint density at radius 3 is 2.86 bits per heavy atom. The normalized spacial score (nSPS) is 24.0. The van der Waals surface area contributed by atoms with Crippen LogP contribution in [-0.4, -0.2) is 31.6 Å². The van der Waals surface area contributed by atoms with Crippen LogP contribution < -0.4 is 5.32 Å². The average Bonchev–Trinajstić information content (AvgIpc) is 2.62. The van der Waals surface area contributed by atoms with Gasteiger partial charge in [-0.2, -0.15) is 0 Å². The van der Waals surface area contributed by atoms with Crippen molar-refractivity contribution in [1.82, 2.24) is 10.2 Å². The van der Waals surface area contributed by atoms with E-state index < -0.39 is 0 Å². The lowest BCUT2D eigenvalue weighted by molar-refractivity contribution is 0.188. The molecule has 1 aliphatic heterocycles. The first-order chi connectivity index (χ1) is 10.1. The maximum atomic E-state index is 13.4. The molecule has 2 rings (SSSR count). The fourth-order valence-corrected chi connectivity index (χ4v) is 3.56. The molecular formula is C18H29FN2. The van der Waals surface area contributed by atoms with E-state index in [1.165, 1.54) is 31.2 Å². The second-order valence-corrected chi connectivity index (χ2v) is 6.39. The van der Waals surface area contributed by atoms with Crippen LogP contribution in [0.3, 0.4) is 0 Å². The predicted octanol–water partition coefficient (Wildman–Crippen LogP) is 3.91. The highest BCUT2D eigenvalue weighted by molar-refractivity contribution is 5.30. The summed E-state index contributed by atoms with van der Waals surface area (Å²) in [6.45, 7) is 7.50. The van der Waals surface area contributed by atoms with Gasteiger partial charge in [-0.1, -0.05) is 19.4 Å². The van der Waals surface area contributed by atoms with Gasteiger partial charge in [0.1, 0.15) is 5.82 Å². The first kappa shape index (κ1) is 16.4. The van der Waals surface area contributed by atoms with E-state index in [-0.39, 0.29) is 5.82 Å². The van der Waals surface area contributed by atoms with E-state index in [4.69, 9.17) is 0 Å². The molecule has 1 aromatic carbocycles. The zero-order chi connectivity index (χ0) is 15.2. The number of nitrogens with one attached hydrogen (secondary N) is 1. The first-order valence-corrected chi connectivity index (χ1v) is 8.30. The average molecular weight is 292 g/mol. The molecule has 1 N–H and O–H groups in total. The minimum atomic E-state index is -0.131. The summed E-state index contributed by atoms with van der Waals surface area (Å²) >= 11 is 0. The van der Waals surface area contributed by atoms with E-state index in [0.29, 0.717) is 12.0 Å². The van der Waals surface area contributed by atoms with Crippen molar-refractivity contribution in [2.45, 2.75) is 45.6 Å². The number of benzene rings is 1. The van der Waals surface area contributed by atoms with E-state index in [1.54, 1.807) is 12.1 Å². The lowest BCUT2D eigenvalue weighted by atomic mass is 9.87. The van der Waals surface area contributed by atoms with E-state index in [1.807, 2.05) is 13.0 Å². The highest BCUT2D eigenvalue weighted by Crippen LogP contribution is 2.35. The van der Waals surface area contributed by atoms with E-state index in [9.17, 15) is 4.39 Å². The molecule has 1 aromatic rings. The van der Waals surface area contributed by atoms with Crippen LogP contribution in [0.2, 0.25) is 0 Å². The van der Waals surface area contributed by atoms with Gasteiger partial charge in [-0.25, -0.2) is 4.39 Å². The van der Waals surface area contributed by atoms with Crippen LogP contribution in [0.15, 0.2) is 18.2 Å². The summed E-state index contributed by atoms with van der Waals surface area (Å²) in [5, 5.41) is 3.58. The van der Waals surface area contributed by atoms with E-state index in [2.05, 4.69) is 24.2 Å². The number of hydrogen-bond donors (Lipinski definition) is 1. The van der Waals surface area contributed by atoms with Crippen LogP contribution in [0.1, 0.15) is 49.8 Å². The third-order valence-electron chi connectivity index (χ3n) is 4.64. The molecule has 1 fully saturated rings. The molecule has 2 atom stereocenters. The molecule has 1 heterocycles. The number of aryl methyl sites for hydroxylation is 1. The Morgan fingerprint density at radius 1 is 1.33 bits per heavy atom. The van der Waals surface area contributed by atoms with Crippen LogP contribution in [-0.2, 0) is 0 Å². The molecule has 0 amide bonds. The minimum absolute atomic E-state index is 0.131. The van der Waals surface area contributed by atoms with Gasteiger partial charge in [0.05, 0.1) is 0 Å². The summed E-state index contributed by atoms with van der Waals surface area (Å²) in [6.07, 6.45) is 4.97. The molecule has 0 aromatic heterocycles. The smallest absolute Gasteiger partial charge is 0.123 e. The van der Waals surface area contributed by atoms with Crippen LogP contribution in [0.4, 0.5) is 4.39 Å². The van der Waals surface area contributed by atoms with Gasteiger partial charge in [-0.3, -0.25) is 4.90 Å². The van der Waals surface area contributed by atoms with Crippen LogP contribution in [0, 0.1) is 18.7 Å². The Labute approximate surface area is 128 Å². The Morgan fingerprint density at radius 2 is 2.14 bits per heavy atom. The molecule has 2 nitrogen and oxygen atoms in total. The summed E-state index contributed by atoms with van der Waals surface area (Å²) in [5.41, 5.74) is 2.37. The van der Waals surface area contributed by atoms with Crippen molar-refractivity contribution in [1.29, 1.82) is 0 Å². The molecule has 0 aliphatic carbocycles. The molecule has 118 valence electrons. The maximum absolute atomic E-state index is 13.4. The Hall–Kier alpha value is -0.930. The van der Waals surface area contributed by atoms with Crippen molar-refractivity contribution >= 4 is 0 Å². The molecule has 0 spiro atoms. The lowest BCUT2D eigenvalue weighted by Crippen LogP contribution is -2.35. The quantitative estimate of drug-likeness (QED) is 0.828. The number of hydrogen-bond acceptors (Lipinski definition) is 2. The molecule has 21 heavy (non-hydrogen) atoms. The van der Waals surface area contributed by atoms with Gasteiger partial charge < -0.3 is 5.32 Å². The Balaban J connectivity index is 2.23. The van der Waals surface area contributed by atoms with Crippen molar-refractivity contribution in [3.05, 3.63) is 35.1 Å². The standard InChI is InChI=1S/C18H29FN2/c1-4-10-20-13-15-7-5-6-11-21(3)18(15)17-9-8-16(19)12-14(17)2/h8-9,12,15,18,20H,4-7,10-11,13H2,1-3H3. The molecule has 3 heteroatoms. The fraction of sp³-hybridized carbons (Fsp3) is 0.667. The second-order valence-electron chi connectivity index (χ2n) is 6.39. The second kappa shape index (κ2) is 7.90. The summed E-state index contributed by atoms with van der Waals surface area (Å²) < 4.78 is 13.4. The zero-order valence-corrected chi connectivity index (χ0v) is 13.7. The van der Waals surface area contributed by atoms with E-state index in [0.717, 1.165) is 25.2 Å². The van der Waals surface area contributed by atoms with Crippen LogP contribution >= 0.6 is 0 Å². The summed E-state index contributed by atoms with van der Waals surface area (Å²) in [5.74, 6) is 0.474. The molecule has 0 radical (unpaired) electrons. The zero-order valence-electron chi connectivity index (χ0n) is 13.7. The van der Waals surface area contributed by atoms with Crippen molar-refractivity contribution in [3.8, 4) is 0 Å². The molecule has 0 saturated carbocycles. The summed E-state index contributed by atoms with van der Waals surface area (Å²) in [4.78, 5) is 2.46. The fourth-order valence-electron chi connectivity index (χ4n) is 3.56. The highest BCUT2D eigenvalue weighted by atomic mass is 19.1. The van der Waals surface area contributed by atoms with Crippen molar-refractivity contribution < 1.29 is 4.39 Å².